The van der Waals surface area contributed by atoms with Gasteiger partial charge in [-0.2, -0.15) is 13.2 Å². The molecule has 3 heteroatoms. The third-order valence-corrected chi connectivity index (χ3v) is 7.35. The number of hydrogen-bond acceptors (Lipinski definition) is 0. The van der Waals surface area contributed by atoms with Gasteiger partial charge in [0.15, 0.2) is 0 Å². The monoisotopic (exact) mass is 570 g/mol. The first-order valence-corrected chi connectivity index (χ1v) is 14.5. The number of alkyl halides is 3. The summed E-state index contributed by atoms with van der Waals surface area (Å²) < 4.78 is 42.6. The molecule has 3 aromatic rings. The van der Waals surface area contributed by atoms with Crippen molar-refractivity contribution in [3.05, 3.63) is 105 Å². The van der Waals surface area contributed by atoms with Gasteiger partial charge in [0.25, 0.3) is 0 Å². The third kappa shape index (κ3) is 8.55. The highest BCUT2D eigenvalue weighted by atomic mass is 19.4. The Hall–Kier alpha value is -3.43. The highest BCUT2D eigenvalue weighted by Crippen LogP contribution is 2.34. The fourth-order valence-electron chi connectivity index (χ4n) is 4.38. The van der Waals surface area contributed by atoms with Gasteiger partial charge in [-0.15, -0.1) is 0 Å². The van der Waals surface area contributed by atoms with Crippen LogP contribution in [0, 0.1) is 23.7 Å². The second-order valence-corrected chi connectivity index (χ2v) is 15.4. The number of benzene rings is 3. The first kappa shape index (κ1) is 33.1. The van der Waals surface area contributed by atoms with E-state index >= 15 is 0 Å². The lowest BCUT2D eigenvalue weighted by Crippen LogP contribution is -2.16. The molecule has 0 N–H and O–H groups in total. The molecule has 0 unspecified atom stereocenters. The lowest BCUT2D eigenvalue weighted by Gasteiger charge is -2.25. The molecule has 0 heterocycles. The SMILES string of the molecule is CC(C)(C)c1cc(C#Cc2ccc(C#Cc3cc(C(C)(C)C)cc(C(C)(C)C)c3)c(C(F)(F)F)c2)cc(C(C)(C)C)c1. The minimum Gasteiger partial charge on any atom is -0.166 e. The Kier molecular flexibility index (Phi) is 8.93. The number of halogens is 3. The van der Waals surface area contributed by atoms with Crippen LogP contribution in [0.5, 0.6) is 0 Å². The van der Waals surface area contributed by atoms with Gasteiger partial charge in [-0.25, -0.2) is 0 Å². The molecule has 0 aliphatic rings. The van der Waals surface area contributed by atoms with Crippen molar-refractivity contribution in [2.75, 3.05) is 0 Å². The van der Waals surface area contributed by atoms with Gasteiger partial charge in [0, 0.05) is 22.3 Å². The summed E-state index contributed by atoms with van der Waals surface area (Å²) in [5.41, 5.74) is 5.06. The second-order valence-electron chi connectivity index (χ2n) is 15.4. The fourth-order valence-corrected chi connectivity index (χ4v) is 4.38. The quantitative estimate of drug-likeness (QED) is 0.236. The van der Waals surface area contributed by atoms with Gasteiger partial charge in [-0.3, -0.25) is 0 Å². The van der Waals surface area contributed by atoms with E-state index in [9.17, 15) is 13.2 Å². The lowest BCUT2D eigenvalue weighted by molar-refractivity contribution is -0.137. The number of hydrogen-bond donors (Lipinski definition) is 0. The third-order valence-electron chi connectivity index (χ3n) is 7.35. The van der Waals surface area contributed by atoms with E-state index in [1.165, 1.54) is 6.07 Å². The van der Waals surface area contributed by atoms with Crippen molar-refractivity contribution in [1.82, 2.24) is 0 Å². The van der Waals surface area contributed by atoms with E-state index in [0.717, 1.165) is 33.9 Å². The van der Waals surface area contributed by atoms with Crippen LogP contribution >= 0.6 is 0 Å². The van der Waals surface area contributed by atoms with Gasteiger partial charge in [0.2, 0.25) is 0 Å². The highest BCUT2D eigenvalue weighted by Gasteiger charge is 2.33. The Morgan fingerprint density at radius 3 is 1.07 bits per heavy atom. The van der Waals surface area contributed by atoms with Crippen molar-refractivity contribution < 1.29 is 13.2 Å². The van der Waals surface area contributed by atoms with E-state index in [4.69, 9.17) is 0 Å². The summed E-state index contributed by atoms with van der Waals surface area (Å²) in [4.78, 5) is 0. The topological polar surface area (TPSA) is 0 Å². The molecule has 42 heavy (non-hydrogen) atoms. The average Bonchev–Trinajstić information content (AvgIpc) is 2.83. The molecule has 0 nitrogen and oxygen atoms in total. The predicted molar refractivity (Wildman–Crippen MR) is 171 cm³/mol. The Labute approximate surface area is 252 Å². The van der Waals surface area contributed by atoms with Crippen molar-refractivity contribution in [2.24, 2.45) is 0 Å². The van der Waals surface area contributed by atoms with Crippen LogP contribution in [-0.4, -0.2) is 0 Å². The van der Waals surface area contributed by atoms with E-state index in [-0.39, 0.29) is 27.2 Å². The minimum absolute atomic E-state index is 0.0590. The Morgan fingerprint density at radius 1 is 0.405 bits per heavy atom. The summed E-state index contributed by atoms with van der Waals surface area (Å²) in [5.74, 6) is 12.0. The van der Waals surface area contributed by atoms with Crippen molar-refractivity contribution in [1.29, 1.82) is 0 Å². The molecule has 0 aliphatic carbocycles. The van der Waals surface area contributed by atoms with Crippen LogP contribution in [-0.2, 0) is 27.8 Å². The molecule has 3 aromatic carbocycles. The van der Waals surface area contributed by atoms with E-state index < -0.39 is 11.7 Å². The first-order chi connectivity index (χ1) is 18.9. The van der Waals surface area contributed by atoms with Gasteiger partial charge in [0.05, 0.1) is 5.56 Å². The maximum atomic E-state index is 14.2. The van der Waals surface area contributed by atoms with E-state index in [0.29, 0.717) is 11.1 Å². The molecule has 0 bridgehead atoms. The Morgan fingerprint density at radius 2 is 0.738 bits per heavy atom. The van der Waals surface area contributed by atoms with Gasteiger partial charge in [-0.1, -0.05) is 119 Å². The van der Waals surface area contributed by atoms with E-state index in [1.807, 2.05) is 24.3 Å². The molecule has 0 spiro atoms. The smallest absolute Gasteiger partial charge is 0.166 e. The zero-order chi connectivity index (χ0) is 31.9. The normalized spacial score (nSPS) is 12.7. The summed E-state index contributed by atoms with van der Waals surface area (Å²) in [6, 6.07) is 16.6. The van der Waals surface area contributed by atoms with Crippen LogP contribution in [0.15, 0.2) is 54.6 Å². The van der Waals surface area contributed by atoms with Gasteiger partial charge in [-0.05, 0) is 86.4 Å². The Bertz CT molecular complexity index is 1520. The average molecular weight is 571 g/mol. The molecule has 0 aromatic heterocycles. The molecule has 0 atom stereocenters. The largest absolute Gasteiger partial charge is 0.417 e. The second kappa shape index (κ2) is 11.3. The van der Waals surface area contributed by atoms with Gasteiger partial charge in [0.1, 0.15) is 0 Å². The zero-order valence-corrected chi connectivity index (χ0v) is 27.3. The van der Waals surface area contributed by atoms with Crippen molar-refractivity contribution in [3.63, 3.8) is 0 Å². The molecule has 0 radical (unpaired) electrons. The molecular formula is C39H45F3. The van der Waals surface area contributed by atoms with Crippen molar-refractivity contribution >= 4 is 0 Å². The highest BCUT2D eigenvalue weighted by molar-refractivity contribution is 5.54. The fraction of sp³-hybridized carbons (Fsp3) is 0.436. The lowest BCUT2D eigenvalue weighted by atomic mass is 9.79. The van der Waals surface area contributed by atoms with Crippen LogP contribution in [0.2, 0.25) is 0 Å². The van der Waals surface area contributed by atoms with Crippen LogP contribution in [0.25, 0.3) is 0 Å². The molecule has 0 amide bonds. The Balaban J connectivity index is 2.10. The van der Waals surface area contributed by atoms with E-state index in [2.05, 4.69) is 119 Å². The molecule has 0 saturated carbocycles. The standard InChI is InChI=1S/C39H45F3/c1-35(2,3)30-19-27(20-31(24-30)36(4,5)6)14-13-26-15-17-29(34(23-26)39(40,41)42)18-16-28-21-32(37(7,8)9)25-33(22-28)38(10,11)12/h15,17,19-25H,1-12H3. The van der Waals surface area contributed by atoms with Gasteiger partial charge >= 0.3 is 6.18 Å². The van der Waals surface area contributed by atoms with Crippen LogP contribution < -0.4 is 0 Å². The molecule has 0 saturated heterocycles. The molecule has 0 fully saturated rings. The van der Waals surface area contributed by atoms with Crippen LogP contribution in [0.3, 0.4) is 0 Å². The summed E-state index contributed by atoms with van der Waals surface area (Å²) in [6.45, 7) is 25.6. The summed E-state index contributed by atoms with van der Waals surface area (Å²) >= 11 is 0. The molecule has 3 rings (SSSR count). The number of rotatable bonds is 0. The predicted octanol–water partition coefficient (Wildman–Crippen LogP) is 10.7. The van der Waals surface area contributed by atoms with Crippen molar-refractivity contribution in [2.45, 2.75) is 111 Å². The van der Waals surface area contributed by atoms with Crippen LogP contribution in [0.4, 0.5) is 13.2 Å². The minimum atomic E-state index is -4.56. The summed E-state index contributed by atoms with van der Waals surface area (Å²) in [6.07, 6.45) is -4.56. The van der Waals surface area contributed by atoms with Crippen LogP contribution in [0.1, 0.15) is 133 Å². The summed E-state index contributed by atoms with van der Waals surface area (Å²) in [7, 11) is 0. The maximum absolute atomic E-state index is 14.2. The summed E-state index contributed by atoms with van der Waals surface area (Å²) in [5, 5.41) is 0. The molecule has 0 aliphatic heterocycles. The molecular weight excluding hydrogens is 525 g/mol. The maximum Gasteiger partial charge on any atom is 0.417 e. The van der Waals surface area contributed by atoms with Gasteiger partial charge < -0.3 is 0 Å². The first-order valence-electron chi connectivity index (χ1n) is 14.5. The van der Waals surface area contributed by atoms with E-state index in [1.54, 1.807) is 6.07 Å². The van der Waals surface area contributed by atoms with Crippen molar-refractivity contribution in [3.8, 4) is 23.7 Å². The molecule has 222 valence electrons. The zero-order valence-electron chi connectivity index (χ0n) is 27.3.